The van der Waals surface area contributed by atoms with E-state index in [2.05, 4.69) is 10.0 Å². The summed E-state index contributed by atoms with van der Waals surface area (Å²) in [7, 11) is -2.54. The zero-order valence-corrected chi connectivity index (χ0v) is 17.6. The Bertz CT molecular complexity index is 1150. The quantitative estimate of drug-likeness (QED) is 0.508. The van der Waals surface area contributed by atoms with Gasteiger partial charge in [-0.2, -0.15) is 0 Å². The highest BCUT2D eigenvalue weighted by Gasteiger charge is 2.20. The topological polar surface area (TPSA) is 105 Å². The van der Waals surface area contributed by atoms with Crippen LogP contribution in [-0.2, 0) is 10.0 Å². The molecule has 29 heavy (non-hydrogen) atoms. The number of amides is 1. The minimum atomic E-state index is -3.98. The van der Waals surface area contributed by atoms with Crippen molar-refractivity contribution in [2.45, 2.75) is 18.7 Å². The molecule has 1 amide bonds. The van der Waals surface area contributed by atoms with Gasteiger partial charge in [0.2, 0.25) is 0 Å². The molecular formula is C20H20N2O5S2. The second kappa shape index (κ2) is 8.14. The zero-order valence-electron chi connectivity index (χ0n) is 16.0. The molecule has 2 aromatic carbocycles. The number of hydrogen-bond donors (Lipinski definition) is 3. The van der Waals surface area contributed by atoms with E-state index in [1.54, 1.807) is 30.3 Å². The van der Waals surface area contributed by atoms with Crippen LogP contribution in [0.15, 0.2) is 53.4 Å². The van der Waals surface area contributed by atoms with Crippen molar-refractivity contribution < 1.29 is 23.1 Å². The molecule has 0 aliphatic rings. The normalized spacial score (nSPS) is 11.1. The van der Waals surface area contributed by atoms with Gasteiger partial charge in [0.15, 0.2) is 0 Å². The van der Waals surface area contributed by atoms with Crippen LogP contribution in [0, 0.1) is 13.8 Å². The van der Waals surface area contributed by atoms with Crippen molar-refractivity contribution in [2.75, 3.05) is 17.1 Å². The monoisotopic (exact) mass is 432 g/mol. The Morgan fingerprint density at radius 2 is 1.79 bits per heavy atom. The number of sulfonamides is 1. The van der Waals surface area contributed by atoms with Crippen LogP contribution in [0.1, 0.15) is 20.1 Å². The van der Waals surface area contributed by atoms with Crippen LogP contribution in [-0.4, -0.2) is 26.5 Å². The standard InChI is InChI=1S/C20H20N2O5S2/c1-12-10-19(28-13(12)2)20(24)21-16-11-14(8-9-17(16)23)29(25,26)22-15-6-4-5-7-18(15)27-3/h4-11,22-23H,1-3H3,(H,21,24). The van der Waals surface area contributed by atoms with Crippen molar-refractivity contribution >= 4 is 38.6 Å². The maximum absolute atomic E-state index is 12.8. The van der Waals surface area contributed by atoms with Crippen LogP contribution in [0.25, 0.3) is 0 Å². The Morgan fingerprint density at radius 1 is 1.07 bits per heavy atom. The second-order valence-electron chi connectivity index (χ2n) is 6.29. The molecule has 0 aliphatic carbocycles. The molecule has 0 radical (unpaired) electrons. The van der Waals surface area contributed by atoms with E-state index in [4.69, 9.17) is 4.74 Å². The lowest BCUT2D eigenvalue weighted by atomic mass is 10.2. The van der Waals surface area contributed by atoms with E-state index in [1.807, 2.05) is 13.8 Å². The molecule has 3 rings (SSSR count). The van der Waals surface area contributed by atoms with Crippen LogP contribution in [0.5, 0.6) is 11.5 Å². The third-order valence-electron chi connectivity index (χ3n) is 4.27. The number of aromatic hydroxyl groups is 1. The van der Waals surface area contributed by atoms with E-state index < -0.39 is 15.9 Å². The predicted molar refractivity (Wildman–Crippen MR) is 114 cm³/mol. The summed E-state index contributed by atoms with van der Waals surface area (Å²) < 4.78 is 33.2. The van der Waals surface area contributed by atoms with Gasteiger partial charge in [-0.05, 0) is 55.8 Å². The number of para-hydroxylation sites is 2. The summed E-state index contributed by atoms with van der Waals surface area (Å²) in [5.41, 5.74) is 1.27. The highest BCUT2D eigenvalue weighted by atomic mass is 32.2. The number of phenols is 1. The number of hydrogen-bond acceptors (Lipinski definition) is 6. The molecule has 0 unspecified atom stereocenters. The lowest BCUT2D eigenvalue weighted by molar-refractivity contribution is 0.103. The minimum Gasteiger partial charge on any atom is -0.506 e. The average Bonchev–Trinajstić information content (AvgIpc) is 3.02. The van der Waals surface area contributed by atoms with E-state index in [0.717, 1.165) is 10.4 Å². The predicted octanol–water partition coefficient (Wildman–Crippen LogP) is 4.13. The number of benzene rings is 2. The third-order valence-corrected chi connectivity index (χ3v) is 6.78. The molecule has 0 spiro atoms. The lowest BCUT2D eigenvalue weighted by Gasteiger charge is -2.13. The molecule has 9 heteroatoms. The van der Waals surface area contributed by atoms with Crippen molar-refractivity contribution in [3.05, 3.63) is 63.8 Å². The molecule has 0 aliphatic heterocycles. The molecule has 0 saturated carbocycles. The molecule has 3 N–H and O–H groups in total. The molecule has 152 valence electrons. The van der Waals surface area contributed by atoms with Crippen molar-refractivity contribution in [3.8, 4) is 11.5 Å². The first-order chi connectivity index (χ1) is 13.7. The van der Waals surface area contributed by atoms with Crippen LogP contribution in [0.3, 0.4) is 0 Å². The summed E-state index contributed by atoms with van der Waals surface area (Å²) in [5, 5.41) is 12.7. The number of aryl methyl sites for hydroxylation is 2. The van der Waals surface area contributed by atoms with Crippen LogP contribution in [0.4, 0.5) is 11.4 Å². The largest absolute Gasteiger partial charge is 0.506 e. The van der Waals surface area contributed by atoms with Crippen LogP contribution < -0.4 is 14.8 Å². The number of anilines is 2. The summed E-state index contributed by atoms with van der Waals surface area (Å²) in [6.45, 7) is 3.81. The number of carbonyl (C=O) groups excluding carboxylic acids is 1. The molecule has 3 aromatic rings. The second-order valence-corrected chi connectivity index (χ2v) is 9.23. The first-order valence-corrected chi connectivity index (χ1v) is 10.9. The highest BCUT2D eigenvalue weighted by Crippen LogP contribution is 2.31. The molecule has 0 bridgehead atoms. The van der Waals surface area contributed by atoms with E-state index in [9.17, 15) is 18.3 Å². The van der Waals surface area contributed by atoms with Crippen molar-refractivity contribution in [3.63, 3.8) is 0 Å². The number of methoxy groups -OCH3 is 1. The van der Waals surface area contributed by atoms with Crippen molar-refractivity contribution in [1.29, 1.82) is 0 Å². The van der Waals surface area contributed by atoms with Gasteiger partial charge in [-0.1, -0.05) is 12.1 Å². The number of ether oxygens (including phenoxy) is 1. The molecule has 0 saturated heterocycles. The third kappa shape index (κ3) is 4.52. The number of nitrogens with one attached hydrogen (secondary N) is 2. The molecule has 1 heterocycles. The fraction of sp³-hybridized carbons (Fsp3) is 0.150. The molecular weight excluding hydrogens is 412 g/mol. The van der Waals surface area contributed by atoms with Gasteiger partial charge < -0.3 is 15.2 Å². The summed E-state index contributed by atoms with van der Waals surface area (Å²) in [5.74, 6) is -0.292. The summed E-state index contributed by atoms with van der Waals surface area (Å²) in [4.78, 5) is 13.8. The Balaban J connectivity index is 1.88. The average molecular weight is 433 g/mol. The van der Waals surface area contributed by atoms with E-state index in [-0.39, 0.29) is 22.0 Å². The van der Waals surface area contributed by atoms with Gasteiger partial charge in [0.05, 0.1) is 28.3 Å². The van der Waals surface area contributed by atoms with Gasteiger partial charge in [-0.25, -0.2) is 8.42 Å². The maximum atomic E-state index is 12.8. The number of rotatable bonds is 6. The smallest absolute Gasteiger partial charge is 0.265 e. The Labute approximate surface area is 173 Å². The zero-order chi connectivity index (χ0) is 21.2. The highest BCUT2D eigenvalue weighted by molar-refractivity contribution is 7.92. The number of carbonyl (C=O) groups is 1. The van der Waals surface area contributed by atoms with Crippen LogP contribution in [0.2, 0.25) is 0 Å². The molecule has 0 fully saturated rings. The summed E-state index contributed by atoms with van der Waals surface area (Å²) in [6, 6.07) is 12.0. The number of thiophene rings is 1. The SMILES string of the molecule is COc1ccccc1NS(=O)(=O)c1ccc(O)c(NC(=O)c2cc(C)c(C)s2)c1. The fourth-order valence-electron chi connectivity index (χ4n) is 2.58. The van der Waals surface area contributed by atoms with Gasteiger partial charge in [-0.15, -0.1) is 11.3 Å². The van der Waals surface area contributed by atoms with E-state index >= 15 is 0 Å². The Morgan fingerprint density at radius 3 is 2.45 bits per heavy atom. The van der Waals surface area contributed by atoms with Crippen molar-refractivity contribution in [2.24, 2.45) is 0 Å². The van der Waals surface area contributed by atoms with Crippen LogP contribution >= 0.6 is 11.3 Å². The molecule has 1 aromatic heterocycles. The summed E-state index contributed by atoms with van der Waals surface area (Å²) in [6.07, 6.45) is 0. The van der Waals surface area contributed by atoms with E-state index in [1.165, 1.54) is 36.6 Å². The summed E-state index contributed by atoms with van der Waals surface area (Å²) >= 11 is 1.33. The maximum Gasteiger partial charge on any atom is 0.265 e. The minimum absolute atomic E-state index is 0.00149. The lowest BCUT2D eigenvalue weighted by Crippen LogP contribution is -2.15. The van der Waals surface area contributed by atoms with Crippen molar-refractivity contribution in [1.82, 2.24) is 0 Å². The first kappa shape index (κ1) is 20.7. The van der Waals surface area contributed by atoms with Gasteiger partial charge in [0.25, 0.3) is 15.9 Å². The van der Waals surface area contributed by atoms with Gasteiger partial charge in [0.1, 0.15) is 11.5 Å². The van der Waals surface area contributed by atoms with Gasteiger partial charge in [0, 0.05) is 4.88 Å². The first-order valence-electron chi connectivity index (χ1n) is 8.58. The van der Waals surface area contributed by atoms with E-state index in [0.29, 0.717) is 10.6 Å². The van der Waals surface area contributed by atoms with Gasteiger partial charge in [-0.3, -0.25) is 9.52 Å². The molecule has 0 atom stereocenters. The molecule has 7 nitrogen and oxygen atoms in total. The Hall–Kier alpha value is -3.04. The van der Waals surface area contributed by atoms with Gasteiger partial charge >= 0.3 is 0 Å². The fourth-order valence-corrected chi connectivity index (χ4v) is 4.61. The number of phenolic OH excluding ortho intramolecular Hbond substituents is 1. The Kier molecular flexibility index (Phi) is 5.81.